The van der Waals surface area contributed by atoms with Crippen molar-refractivity contribution in [2.75, 3.05) is 23.9 Å². The van der Waals surface area contributed by atoms with Gasteiger partial charge in [0, 0.05) is 11.3 Å². The van der Waals surface area contributed by atoms with Crippen molar-refractivity contribution >= 4 is 28.8 Å². The van der Waals surface area contributed by atoms with Gasteiger partial charge in [0.15, 0.2) is 0 Å². The van der Waals surface area contributed by atoms with Gasteiger partial charge >= 0.3 is 0 Å². The Bertz CT molecular complexity index is 1200. The number of rotatable bonds is 7. The zero-order valence-corrected chi connectivity index (χ0v) is 18.2. The first-order valence-electron chi connectivity index (χ1n) is 10.4. The molecule has 0 fully saturated rings. The third-order valence-corrected chi connectivity index (χ3v) is 5.19. The molecule has 0 saturated carbocycles. The Morgan fingerprint density at radius 2 is 1.50 bits per heavy atom. The summed E-state index contributed by atoms with van der Waals surface area (Å²) < 4.78 is 11.2. The molecule has 1 aliphatic heterocycles. The van der Waals surface area contributed by atoms with Gasteiger partial charge in [0.2, 0.25) is 0 Å². The highest BCUT2D eigenvalue weighted by molar-refractivity contribution is 6.46. The van der Waals surface area contributed by atoms with E-state index in [0.29, 0.717) is 35.0 Å². The van der Waals surface area contributed by atoms with E-state index in [0.717, 1.165) is 10.5 Å². The van der Waals surface area contributed by atoms with Crippen LogP contribution in [0.15, 0.2) is 78.5 Å². The van der Waals surface area contributed by atoms with Gasteiger partial charge in [0.1, 0.15) is 17.2 Å². The fourth-order valence-electron chi connectivity index (χ4n) is 3.67. The Kier molecular flexibility index (Phi) is 5.94. The Labute approximate surface area is 187 Å². The second-order valence-corrected chi connectivity index (χ2v) is 7.29. The molecule has 0 aromatic heterocycles. The van der Waals surface area contributed by atoms with Gasteiger partial charge in [-0.15, -0.1) is 0 Å². The molecule has 1 heterocycles. The van der Waals surface area contributed by atoms with Crippen LogP contribution < -0.4 is 19.7 Å². The van der Waals surface area contributed by atoms with Crippen molar-refractivity contribution in [1.29, 1.82) is 0 Å². The van der Waals surface area contributed by atoms with Crippen LogP contribution in [0.25, 0.3) is 5.57 Å². The van der Waals surface area contributed by atoms with Crippen molar-refractivity contribution < 1.29 is 19.1 Å². The van der Waals surface area contributed by atoms with Crippen LogP contribution in [-0.4, -0.2) is 25.5 Å². The third-order valence-electron chi connectivity index (χ3n) is 5.19. The molecule has 4 rings (SSSR count). The predicted octanol–water partition coefficient (Wildman–Crippen LogP) is 4.80. The van der Waals surface area contributed by atoms with E-state index >= 15 is 0 Å². The Balaban J connectivity index is 1.86. The fraction of sp³-hybridized carbons (Fsp3) is 0.154. The van der Waals surface area contributed by atoms with Crippen LogP contribution in [-0.2, 0) is 9.59 Å². The number of methoxy groups -OCH3 is 1. The van der Waals surface area contributed by atoms with Gasteiger partial charge in [0.25, 0.3) is 11.8 Å². The Hall–Kier alpha value is -4.06. The maximum absolute atomic E-state index is 13.7. The molecule has 0 aliphatic carbocycles. The molecule has 0 atom stereocenters. The van der Waals surface area contributed by atoms with Crippen LogP contribution in [0.2, 0.25) is 0 Å². The van der Waals surface area contributed by atoms with E-state index in [2.05, 4.69) is 5.32 Å². The Morgan fingerprint density at radius 1 is 0.844 bits per heavy atom. The zero-order valence-electron chi connectivity index (χ0n) is 18.2. The molecule has 162 valence electrons. The van der Waals surface area contributed by atoms with Crippen LogP contribution in [0.3, 0.4) is 0 Å². The smallest absolute Gasteiger partial charge is 0.282 e. The van der Waals surface area contributed by atoms with E-state index in [1.165, 1.54) is 7.11 Å². The lowest BCUT2D eigenvalue weighted by Crippen LogP contribution is -2.32. The molecule has 3 aromatic rings. The lowest BCUT2D eigenvalue weighted by molar-refractivity contribution is -0.120. The van der Waals surface area contributed by atoms with Crippen molar-refractivity contribution in [2.24, 2.45) is 0 Å². The highest BCUT2D eigenvalue weighted by Gasteiger charge is 2.42. The molecule has 0 saturated heterocycles. The number of nitrogens with zero attached hydrogens (tertiary/aromatic N) is 1. The summed E-state index contributed by atoms with van der Waals surface area (Å²) in [5, 5.41) is 3.17. The number of hydrogen-bond donors (Lipinski definition) is 1. The van der Waals surface area contributed by atoms with E-state index in [-0.39, 0.29) is 11.3 Å². The first kappa shape index (κ1) is 21.2. The number of amides is 2. The van der Waals surface area contributed by atoms with Gasteiger partial charge in [-0.3, -0.25) is 9.59 Å². The molecule has 6 heteroatoms. The summed E-state index contributed by atoms with van der Waals surface area (Å²) in [5.74, 6) is 0.0735. The minimum Gasteiger partial charge on any atom is -0.496 e. The summed E-state index contributed by atoms with van der Waals surface area (Å²) >= 11 is 0. The second kappa shape index (κ2) is 8.98. The number of ether oxygens (including phenoxy) is 2. The molecular formula is C26H24N2O4. The molecule has 0 bridgehead atoms. The molecular weight excluding hydrogens is 404 g/mol. The number of carbonyl (C=O) groups excluding carboxylic acids is 2. The monoisotopic (exact) mass is 428 g/mol. The second-order valence-electron chi connectivity index (χ2n) is 7.29. The van der Waals surface area contributed by atoms with Gasteiger partial charge in [-0.05, 0) is 44.2 Å². The number of hydrogen-bond acceptors (Lipinski definition) is 5. The zero-order chi connectivity index (χ0) is 22.7. The molecule has 1 aliphatic rings. The van der Waals surface area contributed by atoms with Crippen molar-refractivity contribution in [3.8, 4) is 11.5 Å². The van der Waals surface area contributed by atoms with Crippen molar-refractivity contribution in [3.05, 3.63) is 89.6 Å². The van der Waals surface area contributed by atoms with Crippen molar-refractivity contribution in [2.45, 2.75) is 13.8 Å². The minimum atomic E-state index is -0.455. The first-order valence-corrected chi connectivity index (χ1v) is 10.4. The fourth-order valence-corrected chi connectivity index (χ4v) is 3.67. The van der Waals surface area contributed by atoms with E-state index < -0.39 is 11.8 Å². The summed E-state index contributed by atoms with van der Waals surface area (Å²) in [5.41, 5.74) is 3.18. The SMILES string of the molecule is CCOc1ccccc1N1C(=O)C(Nc2ccc(C)cc2)=C(c2ccccc2OC)C1=O. The molecule has 2 amide bonds. The van der Waals surface area contributed by atoms with Gasteiger partial charge in [-0.2, -0.15) is 0 Å². The van der Waals surface area contributed by atoms with Gasteiger partial charge in [-0.1, -0.05) is 48.0 Å². The highest BCUT2D eigenvalue weighted by Crippen LogP contribution is 2.40. The van der Waals surface area contributed by atoms with Gasteiger partial charge in [-0.25, -0.2) is 4.90 Å². The average Bonchev–Trinajstić information content (AvgIpc) is 3.05. The first-order chi connectivity index (χ1) is 15.5. The summed E-state index contributed by atoms with van der Waals surface area (Å²) in [6, 6.07) is 21.8. The Morgan fingerprint density at radius 3 is 2.19 bits per heavy atom. The quantitative estimate of drug-likeness (QED) is 0.548. The number of benzene rings is 3. The number of anilines is 2. The predicted molar refractivity (Wildman–Crippen MR) is 125 cm³/mol. The largest absolute Gasteiger partial charge is 0.496 e. The lowest BCUT2D eigenvalue weighted by Gasteiger charge is -2.19. The maximum Gasteiger partial charge on any atom is 0.282 e. The third kappa shape index (κ3) is 3.83. The topological polar surface area (TPSA) is 67.9 Å². The maximum atomic E-state index is 13.7. The van der Waals surface area contributed by atoms with Gasteiger partial charge < -0.3 is 14.8 Å². The van der Waals surface area contributed by atoms with Crippen LogP contribution >= 0.6 is 0 Å². The number of para-hydroxylation sites is 3. The summed E-state index contributed by atoms with van der Waals surface area (Å²) in [6.45, 7) is 4.25. The molecule has 0 unspecified atom stereocenters. The summed E-state index contributed by atoms with van der Waals surface area (Å²) in [6.07, 6.45) is 0. The number of imide groups is 1. The molecule has 0 radical (unpaired) electrons. The van der Waals surface area contributed by atoms with Gasteiger partial charge in [0.05, 0.1) is 25.0 Å². The van der Waals surface area contributed by atoms with Crippen LogP contribution in [0, 0.1) is 6.92 Å². The van der Waals surface area contributed by atoms with Crippen molar-refractivity contribution in [3.63, 3.8) is 0 Å². The molecule has 0 spiro atoms. The summed E-state index contributed by atoms with van der Waals surface area (Å²) in [7, 11) is 1.54. The van der Waals surface area contributed by atoms with E-state index in [1.807, 2.05) is 50.2 Å². The lowest BCUT2D eigenvalue weighted by atomic mass is 10.0. The van der Waals surface area contributed by atoms with E-state index in [4.69, 9.17) is 9.47 Å². The highest BCUT2D eigenvalue weighted by atomic mass is 16.5. The van der Waals surface area contributed by atoms with Crippen LogP contribution in [0.4, 0.5) is 11.4 Å². The minimum absolute atomic E-state index is 0.189. The number of aryl methyl sites for hydroxylation is 1. The average molecular weight is 428 g/mol. The molecule has 32 heavy (non-hydrogen) atoms. The molecule has 1 N–H and O–H groups in total. The van der Waals surface area contributed by atoms with Crippen molar-refractivity contribution in [1.82, 2.24) is 0 Å². The number of carbonyl (C=O) groups is 2. The van der Waals surface area contributed by atoms with Crippen LogP contribution in [0.1, 0.15) is 18.1 Å². The van der Waals surface area contributed by atoms with E-state index in [9.17, 15) is 9.59 Å². The summed E-state index contributed by atoms with van der Waals surface area (Å²) in [4.78, 5) is 28.5. The molecule has 6 nitrogen and oxygen atoms in total. The standard InChI is InChI=1S/C26H24N2O4/c1-4-32-22-12-8-6-10-20(22)28-25(29)23(19-9-5-7-11-21(19)31-3)24(26(28)30)27-18-15-13-17(2)14-16-18/h5-16,27H,4H2,1-3H3. The van der Waals surface area contributed by atoms with E-state index in [1.54, 1.807) is 36.4 Å². The molecule has 3 aromatic carbocycles. The number of nitrogens with one attached hydrogen (secondary N) is 1. The van der Waals surface area contributed by atoms with Crippen LogP contribution in [0.5, 0.6) is 11.5 Å². The normalized spacial score (nSPS) is 13.5.